The lowest BCUT2D eigenvalue weighted by Crippen LogP contribution is -2.42. The van der Waals surface area contributed by atoms with Crippen LogP contribution in [0.15, 0.2) is 41.3 Å². The van der Waals surface area contributed by atoms with Crippen molar-refractivity contribution in [3.05, 3.63) is 59.2 Å². The molecule has 3 rings (SSSR count). The second-order valence-electron chi connectivity index (χ2n) is 7.45. The zero-order valence-electron chi connectivity index (χ0n) is 17.6. The van der Waals surface area contributed by atoms with E-state index in [4.69, 9.17) is 9.47 Å². The van der Waals surface area contributed by atoms with E-state index in [2.05, 4.69) is 0 Å². The maximum absolute atomic E-state index is 13.7. The molecule has 0 radical (unpaired) electrons. The SMILES string of the molecule is COc1ccc(C(=O)OCC(=O)c2ccc(F)cc2F)cc1S(=O)(=O)N1CCCCC1C. The Bertz CT molecular complexity index is 1140. The number of methoxy groups -OCH3 is 1. The Hall–Kier alpha value is -2.85. The molecule has 1 saturated heterocycles. The van der Waals surface area contributed by atoms with Gasteiger partial charge in [0.05, 0.1) is 18.2 Å². The number of hydrogen-bond donors (Lipinski definition) is 0. The molecular formula is C22H23F2NO6S. The normalized spacial score (nSPS) is 17.1. The average molecular weight is 467 g/mol. The minimum Gasteiger partial charge on any atom is -0.495 e. The number of sulfonamides is 1. The summed E-state index contributed by atoms with van der Waals surface area (Å²) in [5, 5.41) is 0. The third-order valence-electron chi connectivity index (χ3n) is 5.29. The first-order valence-electron chi connectivity index (χ1n) is 10.0. The summed E-state index contributed by atoms with van der Waals surface area (Å²) in [5.74, 6) is -3.67. The third kappa shape index (κ3) is 4.97. The van der Waals surface area contributed by atoms with E-state index in [1.54, 1.807) is 0 Å². The van der Waals surface area contributed by atoms with Crippen LogP contribution >= 0.6 is 0 Å². The number of halogens is 2. The van der Waals surface area contributed by atoms with E-state index in [-0.39, 0.29) is 22.3 Å². The second-order valence-corrected chi connectivity index (χ2v) is 9.31. The maximum Gasteiger partial charge on any atom is 0.338 e. The fourth-order valence-electron chi connectivity index (χ4n) is 3.57. The highest BCUT2D eigenvalue weighted by atomic mass is 32.2. The van der Waals surface area contributed by atoms with Gasteiger partial charge in [-0.25, -0.2) is 22.0 Å². The summed E-state index contributed by atoms with van der Waals surface area (Å²) in [6, 6.07) is 6.01. The van der Waals surface area contributed by atoms with Crippen LogP contribution in [0.1, 0.15) is 46.9 Å². The molecule has 2 aromatic carbocycles. The van der Waals surface area contributed by atoms with Crippen LogP contribution in [-0.4, -0.2) is 50.8 Å². The Morgan fingerprint density at radius 3 is 2.53 bits per heavy atom. The summed E-state index contributed by atoms with van der Waals surface area (Å²) >= 11 is 0. The number of rotatable bonds is 7. The first-order valence-corrected chi connectivity index (χ1v) is 11.4. The number of Topliss-reactive ketones (excluding diaryl/α,β-unsaturated/α-hetero) is 1. The van der Waals surface area contributed by atoms with Crippen LogP contribution in [-0.2, 0) is 14.8 Å². The molecule has 0 aliphatic carbocycles. The standard InChI is InChI=1S/C22H23F2NO6S/c1-14-5-3-4-10-25(14)32(28,29)21-11-15(6-9-20(21)30-2)22(27)31-13-19(26)17-8-7-16(23)12-18(17)24/h6-9,11-12,14H,3-5,10,13H2,1-2H3. The smallest absolute Gasteiger partial charge is 0.338 e. The molecule has 1 unspecified atom stereocenters. The van der Waals surface area contributed by atoms with Crippen molar-refractivity contribution in [3.8, 4) is 5.75 Å². The van der Waals surface area contributed by atoms with Crippen LogP contribution in [0.25, 0.3) is 0 Å². The zero-order valence-corrected chi connectivity index (χ0v) is 18.5. The van der Waals surface area contributed by atoms with Gasteiger partial charge in [-0.3, -0.25) is 4.79 Å². The fourth-order valence-corrected chi connectivity index (χ4v) is 5.45. The summed E-state index contributed by atoms with van der Waals surface area (Å²) in [4.78, 5) is 24.4. The van der Waals surface area contributed by atoms with Gasteiger partial charge in [-0.2, -0.15) is 4.31 Å². The Morgan fingerprint density at radius 1 is 1.12 bits per heavy atom. The van der Waals surface area contributed by atoms with Crippen LogP contribution in [0.3, 0.4) is 0 Å². The minimum atomic E-state index is -3.95. The first-order chi connectivity index (χ1) is 15.1. The lowest BCUT2D eigenvalue weighted by Gasteiger charge is -2.32. The number of carbonyl (C=O) groups is 2. The number of esters is 1. The molecule has 1 aliphatic rings. The molecule has 0 amide bonds. The number of ether oxygens (including phenoxy) is 2. The monoisotopic (exact) mass is 467 g/mol. The summed E-state index contributed by atoms with van der Waals surface area (Å²) in [7, 11) is -2.62. The molecule has 1 heterocycles. The molecule has 7 nitrogen and oxygen atoms in total. The van der Waals surface area contributed by atoms with E-state index in [0.29, 0.717) is 12.6 Å². The molecule has 0 bridgehead atoms. The number of benzene rings is 2. The largest absolute Gasteiger partial charge is 0.495 e. The van der Waals surface area contributed by atoms with Gasteiger partial charge in [-0.15, -0.1) is 0 Å². The molecule has 0 N–H and O–H groups in total. The molecule has 1 fully saturated rings. The van der Waals surface area contributed by atoms with Crippen molar-refractivity contribution in [1.82, 2.24) is 4.31 Å². The predicted molar refractivity (Wildman–Crippen MR) is 111 cm³/mol. The second kappa shape index (κ2) is 9.74. The van der Waals surface area contributed by atoms with Crippen molar-refractivity contribution in [1.29, 1.82) is 0 Å². The molecule has 32 heavy (non-hydrogen) atoms. The van der Waals surface area contributed by atoms with Crippen molar-refractivity contribution in [3.63, 3.8) is 0 Å². The lowest BCUT2D eigenvalue weighted by molar-refractivity contribution is 0.0473. The van der Waals surface area contributed by atoms with Crippen LogP contribution in [0, 0.1) is 11.6 Å². The van der Waals surface area contributed by atoms with Crippen LogP contribution in [0.4, 0.5) is 8.78 Å². The summed E-state index contributed by atoms with van der Waals surface area (Å²) < 4.78 is 64.7. The molecule has 0 spiro atoms. The molecule has 0 aromatic heterocycles. The fraction of sp³-hybridized carbons (Fsp3) is 0.364. The molecule has 0 saturated carbocycles. The van der Waals surface area contributed by atoms with E-state index >= 15 is 0 Å². The van der Waals surface area contributed by atoms with Gasteiger partial charge >= 0.3 is 5.97 Å². The van der Waals surface area contributed by atoms with Gasteiger partial charge in [0.2, 0.25) is 15.8 Å². The van der Waals surface area contributed by atoms with Crippen molar-refractivity contribution >= 4 is 21.8 Å². The molecular weight excluding hydrogens is 444 g/mol. The van der Waals surface area contributed by atoms with E-state index in [0.717, 1.165) is 37.5 Å². The lowest BCUT2D eigenvalue weighted by atomic mass is 10.1. The average Bonchev–Trinajstić information content (AvgIpc) is 2.77. The quantitative estimate of drug-likeness (QED) is 0.457. The number of ketones is 1. The molecule has 10 heteroatoms. The Labute approximate surface area is 185 Å². The first kappa shape index (κ1) is 23.8. The number of nitrogens with zero attached hydrogens (tertiary/aromatic N) is 1. The highest BCUT2D eigenvalue weighted by molar-refractivity contribution is 7.89. The summed E-state index contributed by atoms with van der Waals surface area (Å²) in [6.07, 6.45) is 2.39. The van der Waals surface area contributed by atoms with Gasteiger partial charge in [0.1, 0.15) is 22.3 Å². The van der Waals surface area contributed by atoms with Crippen molar-refractivity contribution in [2.45, 2.75) is 37.1 Å². The number of piperidine rings is 1. The zero-order chi connectivity index (χ0) is 23.5. The Kier molecular flexibility index (Phi) is 7.25. The van der Waals surface area contributed by atoms with Crippen molar-refractivity contribution in [2.24, 2.45) is 0 Å². The topological polar surface area (TPSA) is 90.0 Å². The minimum absolute atomic E-state index is 0.0729. The van der Waals surface area contributed by atoms with E-state index in [1.807, 2.05) is 6.92 Å². The highest BCUT2D eigenvalue weighted by Crippen LogP contribution is 2.31. The third-order valence-corrected chi connectivity index (χ3v) is 7.33. The van der Waals surface area contributed by atoms with Crippen molar-refractivity contribution in [2.75, 3.05) is 20.3 Å². The Morgan fingerprint density at radius 2 is 1.88 bits per heavy atom. The van der Waals surface area contributed by atoms with Crippen LogP contribution in [0.5, 0.6) is 5.75 Å². The van der Waals surface area contributed by atoms with Gasteiger partial charge in [0.25, 0.3) is 0 Å². The van der Waals surface area contributed by atoms with Crippen molar-refractivity contribution < 1.29 is 36.3 Å². The molecule has 1 atom stereocenters. The predicted octanol–water partition coefficient (Wildman–Crippen LogP) is 3.58. The van der Waals surface area contributed by atoms with Gasteiger partial charge in [0.15, 0.2) is 6.61 Å². The summed E-state index contributed by atoms with van der Waals surface area (Å²) in [6.45, 7) is 1.39. The van der Waals surface area contributed by atoms with Gasteiger partial charge < -0.3 is 9.47 Å². The van der Waals surface area contributed by atoms with E-state index < -0.39 is 45.6 Å². The Balaban J connectivity index is 1.81. The van der Waals surface area contributed by atoms with Gasteiger partial charge in [-0.1, -0.05) is 6.42 Å². The van der Waals surface area contributed by atoms with Crippen LogP contribution < -0.4 is 4.74 Å². The maximum atomic E-state index is 13.7. The molecule has 172 valence electrons. The molecule has 1 aliphatic heterocycles. The van der Waals surface area contributed by atoms with Gasteiger partial charge in [0, 0.05) is 18.7 Å². The van der Waals surface area contributed by atoms with E-state index in [1.165, 1.54) is 23.5 Å². The van der Waals surface area contributed by atoms with Crippen LogP contribution in [0.2, 0.25) is 0 Å². The summed E-state index contributed by atoms with van der Waals surface area (Å²) in [5.41, 5.74) is -0.530. The number of hydrogen-bond acceptors (Lipinski definition) is 6. The highest BCUT2D eigenvalue weighted by Gasteiger charge is 2.33. The number of carbonyl (C=O) groups excluding carboxylic acids is 2. The van der Waals surface area contributed by atoms with Gasteiger partial charge in [-0.05, 0) is 50.1 Å². The van der Waals surface area contributed by atoms with E-state index in [9.17, 15) is 26.8 Å². The molecule has 2 aromatic rings.